The number of hydrogen-bond acceptors (Lipinski definition) is 3. The average molecular weight is 149 g/mol. The lowest BCUT2D eigenvalue weighted by molar-refractivity contribution is 0.144. The van der Waals surface area contributed by atoms with E-state index >= 15 is 0 Å². The number of hydrogen-bond donors (Lipinski definition) is 3. The van der Waals surface area contributed by atoms with Crippen molar-refractivity contribution in [3.8, 4) is 0 Å². The quantitative estimate of drug-likeness (QED) is 0.484. The van der Waals surface area contributed by atoms with Gasteiger partial charge in [0.2, 0.25) is 0 Å². The fourth-order valence-corrected chi connectivity index (χ4v) is 1.27. The smallest absolute Gasteiger partial charge is 0.105 e. The maximum Gasteiger partial charge on any atom is 0.105 e. The molecule has 1 aliphatic rings. The fourth-order valence-electron chi connectivity index (χ4n) is 1.27. The molecule has 3 N–H and O–H groups in total. The molecule has 0 aromatic heterocycles. The summed E-state index contributed by atoms with van der Waals surface area (Å²) in [6.07, 6.45) is -0.236. The molecule has 10 heavy (non-hydrogen) atoms. The van der Waals surface area contributed by atoms with Gasteiger partial charge in [-0.2, -0.15) is 0 Å². The largest absolute Gasteiger partial charge is 0.395 e. The lowest BCUT2D eigenvalue weighted by atomic mass is 10.0. The van der Waals surface area contributed by atoms with Crippen molar-refractivity contribution in [3.63, 3.8) is 0 Å². The van der Waals surface area contributed by atoms with E-state index in [-0.39, 0.29) is 18.6 Å². The van der Waals surface area contributed by atoms with Gasteiger partial charge >= 0.3 is 0 Å². The Morgan fingerprint density at radius 3 is 2.70 bits per heavy atom. The second-order valence-corrected chi connectivity index (χ2v) is 2.62. The lowest BCUT2D eigenvalue weighted by Crippen LogP contribution is -2.34. The van der Waals surface area contributed by atoms with Gasteiger partial charge in [-0.15, -0.1) is 0 Å². The Labute approximate surface area is 58.9 Å². The van der Waals surface area contributed by atoms with E-state index in [0.717, 1.165) is 0 Å². The first kappa shape index (κ1) is 7.91. The SMILES string of the molecule is OC[C@H]1NC(O)C[C@H]1CF. The molecular weight excluding hydrogens is 137 g/mol. The number of rotatable bonds is 2. The molecule has 0 spiro atoms. The zero-order chi connectivity index (χ0) is 7.56. The Morgan fingerprint density at radius 1 is 1.60 bits per heavy atom. The summed E-state index contributed by atoms with van der Waals surface area (Å²) in [4.78, 5) is 0. The van der Waals surface area contributed by atoms with E-state index in [1.54, 1.807) is 0 Å². The summed E-state index contributed by atoms with van der Waals surface area (Å²) in [5, 5.41) is 20.3. The minimum Gasteiger partial charge on any atom is -0.395 e. The van der Waals surface area contributed by atoms with Gasteiger partial charge in [0.05, 0.1) is 13.3 Å². The van der Waals surface area contributed by atoms with Gasteiger partial charge in [-0.25, -0.2) is 0 Å². The Kier molecular flexibility index (Phi) is 2.59. The Balaban J connectivity index is 2.41. The monoisotopic (exact) mass is 149 g/mol. The van der Waals surface area contributed by atoms with Crippen LogP contribution in [0.5, 0.6) is 0 Å². The summed E-state index contributed by atoms with van der Waals surface area (Å²) in [6, 6.07) is -0.264. The highest BCUT2D eigenvalue weighted by atomic mass is 19.1. The lowest BCUT2D eigenvalue weighted by Gasteiger charge is -2.11. The van der Waals surface area contributed by atoms with Crippen LogP contribution in [-0.4, -0.2) is 35.8 Å². The van der Waals surface area contributed by atoms with E-state index in [0.29, 0.717) is 6.42 Å². The van der Waals surface area contributed by atoms with Gasteiger partial charge in [0.1, 0.15) is 6.23 Å². The van der Waals surface area contributed by atoms with E-state index in [4.69, 9.17) is 10.2 Å². The van der Waals surface area contributed by atoms with Crippen molar-refractivity contribution < 1.29 is 14.6 Å². The maximum atomic E-state index is 12.0. The van der Waals surface area contributed by atoms with E-state index < -0.39 is 12.9 Å². The topological polar surface area (TPSA) is 52.5 Å². The van der Waals surface area contributed by atoms with Crippen molar-refractivity contribution in [1.82, 2.24) is 5.32 Å². The van der Waals surface area contributed by atoms with Crippen LogP contribution >= 0.6 is 0 Å². The molecule has 0 amide bonds. The summed E-state index contributed by atoms with van der Waals surface area (Å²) < 4.78 is 12.0. The summed E-state index contributed by atoms with van der Waals surface area (Å²) in [6.45, 7) is -0.582. The second kappa shape index (κ2) is 3.27. The number of aliphatic hydroxyl groups excluding tert-OH is 2. The molecule has 0 bridgehead atoms. The standard InChI is InChI=1S/C6H12FNO2/c7-2-4-1-6(10)8-5(4)3-9/h4-6,8-10H,1-3H2/t4-,5+,6?/m0/s1. The minimum absolute atomic E-state index is 0.106. The molecule has 0 aromatic carbocycles. The van der Waals surface area contributed by atoms with Crippen molar-refractivity contribution in [1.29, 1.82) is 0 Å². The van der Waals surface area contributed by atoms with Gasteiger partial charge in [0.15, 0.2) is 0 Å². The Bertz CT molecular complexity index is 99.9. The van der Waals surface area contributed by atoms with Gasteiger partial charge in [-0.05, 0) is 6.42 Å². The molecule has 1 rings (SSSR count). The molecule has 3 atom stereocenters. The predicted octanol–water partition coefficient (Wildman–Crippen LogP) is -0.755. The molecule has 0 saturated carbocycles. The van der Waals surface area contributed by atoms with E-state index in [1.165, 1.54) is 0 Å². The maximum absolute atomic E-state index is 12.0. The molecular formula is C6H12FNO2. The Morgan fingerprint density at radius 2 is 2.30 bits per heavy atom. The summed E-state index contributed by atoms with van der Waals surface area (Å²) >= 11 is 0. The van der Waals surface area contributed by atoms with Gasteiger partial charge in [-0.3, -0.25) is 9.71 Å². The first-order chi connectivity index (χ1) is 4.77. The number of aliphatic hydroxyl groups is 2. The zero-order valence-corrected chi connectivity index (χ0v) is 5.63. The van der Waals surface area contributed by atoms with E-state index in [2.05, 4.69) is 5.32 Å². The molecule has 0 aliphatic carbocycles. The van der Waals surface area contributed by atoms with Crippen molar-refractivity contribution in [2.45, 2.75) is 18.7 Å². The summed E-state index contributed by atoms with van der Waals surface area (Å²) in [7, 11) is 0. The van der Waals surface area contributed by atoms with Crippen LogP contribution in [-0.2, 0) is 0 Å². The van der Waals surface area contributed by atoms with E-state index in [9.17, 15) is 4.39 Å². The van der Waals surface area contributed by atoms with Gasteiger partial charge in [-0.1, -0.05) is 0 Å². The highest BCUT2D eigenvalue weighted by Crippen LogP contribution is 2.18. The highest BCUT2D eigenvalue weighted by molar-refractivity contribution is 4.84. The van der Waals surface area contributed by atoms with Gasteiger partial charge < -0.3 is 10.2 Å². The first-order valence-corrected chi connectivity index (χ1v) is 3.39. The molecule has 1 saturated heterocycles. The van der Waals surface area contributed by atoms with Crippen LogP contribution in [0.25, 0.3) is 0 Å². The van der Waals surface area contributed by atoms with Crippen molar-refractivity contribution in [3.05, 3.63) is 0 Å². The first-order valence-electron chi connectivity index (χ1n) is 3.39. The third-order valence-electron chi connectivity index (χ3n) is 1.90. The molecule has 4 heteroatoms. The predicted molar refractivity (Wildman–Crippen MR) is 34.1 cm³/mol. The summed E-state index contributed by atoms with van der Waals surface area (Å²) in [5.74, 6) is -0.222. The van der Waals surface area contributed by atoms with Crippen molar-refractivity contribution >= 4 is 0 Å². The molecule has 1 unspecified atom stereocenters. The number of halogens is 1. The average Bonchev–Trinajstić information content (AvgIpc) is 2.30. The van der Waals surface area contributed by atoms with Crippen LogP contribution in [0.15, 0.2) is 0 Å². The second-order valence-electron chi connectivity index (χ2n) is 2.62. The molecule has 3 nitrogen and oxygen atoms in total. The van der Waals surface area contributed by atoms with Crippen LogP contribution < -0.4 is 5.32 Å². The fraction of sp³-hybridized carbons (Fsp3) is 1.00. The van der Waals surface area contributed by atoms with Gasteiger partial charge in [0.25, 0.3) is 0 Å². The molecule has 0 aromatic rings. The number of nitrogens with one attached hydrogen (secondary N) is 1. The third-order valence-corrected chi connectivity index (χ3v) is 1.90. The number of alkyl halides is 1. The third kappa shape index (κ3) is 1.45. The highest BCUT2D eigenvalue weighted by Gasteiger charge is 2.31. The van der Waals surface area contributed by atoms with Crippen molar-refractivity contribution in [2.75, 3.05) is 13.3 Å². The van der Waals surface area contributed by atoms with Crippen LogP contribution in [0.3, 0.4) is 0 Å². The van der Waals surface area contributed by atoms with Crippen LogP contribution in [0.4, 0.5) is 4.39 Å². The van der Waals surface area contributed by atoms with Gasteiger partial charge in [0, 0.05) is 12.0 Å². The Hall–Kier alpha value is -0.190. The summed E-state index contributed by atoms with van der Waals surface area (Å²) in [5.41, 5.74) is 0. The molecule has 1 heterocycles. The van der Waals surface area contributed by atoms with E-state index in [1.807, 2.05) is 0 Å². The molecule has 0 radical (unpaired) electrons. The van der Waals surface area contributed by atoms with Crippen molar-refractivity contribution in [2.24, 2.45) is 5.92 Å². The molecule has 60 valence electrons. The molecule has 1 aliphatic heterocycles. The normalized spacial score (nSPS) is 40.5. The van der Waals surface area contributed by atoms with Crippen LogP contribution in [0, 0.1) is 5.92 Å². The van der Waals surface area contributed by atoms with Crippen LogP contribution in [0.1, 0.15) is 6.42 Å². The molecule has 1 fully saturated rings. The zero-order valence-electron chi connectivity index (χ0n) is 5.63. The van der Waals surface area contributed by atoms with Crippen LogP contribution in [0.2, 0.25) is 0 Å². The minimum atomic E-state index is -0.641.